The Morgan fingerprint density at radius 2 is 1.96 bits per heavy atom. The maximum absolute atomic E-state index is 12.9. The van der Waals surface area contributed by atoms with Crippen LogP contribution in [0.2, 0.25) is 0 Å². The van der Waals surface area contributed by atoms with Crippen molar-refractivity contribution in [3.05, 3.63) is 65.5 Å². The molecule has 0 aliphatic carbocycles. The average Bonchev–Trinajstić information content (AvgIpc) is 2.67. The number of rotatable bonds is 9. The molecule has 0 radical (unpaired) electrons. The van der Waals surface area contributed by atoms with E-state index in [1.165, 1.54) is 12.1 Å². The minimum Gasteiger partial charge on any atom is -0.491 e. The van der Waals surface area contributed by atoms with Crippen molar-refractivity contribution in [3.8, 4) is 11.8 Å². The van der Waals surface area contributed by atoms with Crippen LogP contribution in [-0.2, 0) is 11.3 Å². The van der Waals surface area contributed by atoms with Gasteiger partial charge in [-0.3, -0.25) is 9.69 Å². The predicted molar refractivity (Wildman–Crippen MR) is 97.0 cm³/mol. The molecule has 0 atom stereocenters. The number of para-hydroxylation sites is 1. The molecule has 0 aliphatic heterocycles. The molecule has 5 nitrogen and oxygen atoms in total. The Balaban J connectivity index is 1.75. The van der Waals surface area contributed by atoms with E-state index in [1.54, 1.807) is 30.3 Å². The van der Waals surface area contributed by atoms with Crippen LogP contribution in [-0.4, -0.2) is 37.0 Å². The standard InChI is InChI=1S/C20H22FN3O2/c1-2-24(11-12-26-19-6-4-3-5-17(19)13-22)15-20(25)23-14-16-7-9-18(21)10-8-16/h3-10H,2,11-12,14-15H2,1H3,(H,23,25). The average molecular weight is 355 g/mol. The number of hydrogen-bond donors (Lipinski definition) is 1. The molecule has 2 aromatic rings. The zero-order valence-electron chi connectivity index (χ0n) is 14.7. The van der Waals surface area contributed by atoms with Gasteiger partial charge in [0.25, 0.3) is 0 Å². The van der Waals surface area contributed by atoms with Crippen LogP contribution in [0.15, 0.2) is 48.5 Å². The van der Waals surface area contributed by atoms with Gasteiger partial charge in [-0.15, -0.1) is 0 Å². The number of likely N-dealkylation sites (N-methyl/N-ethyl adjacent to an activating group) is 1. The number of nitrogens with zero attached hydrogens (tertiary/aromatic N) is 2. The topological polar surface area (TPSA) is 65.4 Å². The minimum absolute atomic E-state index is 0.103. The van der Waals surface area contributed by atoms with Crippen molar-refractivity contribution in [2.45, 2.75) is 13.5 Å². The lowest BCUT2D eigenvalue weighted by atomic mass is 10.2. The summed E-state index contributed by atoms with van der Waals surface area (Å²) in [6.45, 7) is 4.24. The Morgan fingerprint density at radius 3 is 2.65 bits per heavy atom. The third kappa shape index (κ3) is 6.19. The van der Waals surface area contributed by atoms with Crippen molar-refractivity contribution in [1.29, 1.82) is 5.26 Å². The van der Waals surface area contributed by atoms with Gasteiger partial charge in [-0.2, -0.15) is 5.26 Å². The van der Waals surface area contributed by atoms with Crippen molar-refractivity contribution in [2.24, 2.45) is 0 Å². The second kappa shape index (κ2) is 10.2. The molecule has 6 heteroatoms. The van der Waals surface area contributed by atoms with Crippen LogP contribution in [0.3, 0.4) is 0 Å². The Hall–Kier alpha value is -2.91. The number of nitriles is 1. The highest BCUT2D eigenvalue weighted by Crippen LogP contribution is 2.16. The summed E-state index contributed by atoms with van der Waals surface area (Å²) in [5.74, 6) is 0.149. The van der Waals surface area contributed by atoms with E-state index in [1.807, 2.05) is 17.9 Å². The van der Waals surface area contributed by atoms with Gasteiger partial charge in [0, 0.05) is 13.1 Å². The number of carbonyl (C=O) groups excluding carboxylic acids is 1. The first-order valence-electron chi connectivity index (χ1n) is 8.47. The summed E-state index contributed by atoms with van der Waals surface area (Å²) in [6, 6.07) is 15.2. The van der Waals surface area contributed by atoms with Crippen LogP contribution >= 0.6 is 0 Å². The summed E-state index contributed by atoms with van der Waals surface area (Å²) in [6.07, 6.45) is 0. The van der Waals surface area contributed by atoms with Crippen LogP contribution < -0.4 is 10.1 Å². The van der Waals surface area contributed by atoms with Crippen LogP contribution in [0.25, 0.3) is 0 Å². The second-order valence-electron chi connectivity index (χ2n) is 5.73. The lowest BCUT2D eigenvalue weighted by Gasteiger charge is -2.20. The Labute approximate surface area is 153 Å². The summed E-state index contributed by atoms with van der Waals surface area (Å²) in [4.78, 5) is 14.0. The van der Waals surface area contributed by atoms with Gasteiger partial charge in [0.05, 0.1) is 12.1 Å². The maximum Gasteiger partial charge on any atom is 0.234 e. The van der Waals surface area contributed by atoms with Gasteiger partial charge >= 0.3 is 0 Å². The molecular formula is C20H22FN3O2. The fourth-order valence-corrected chi connectivity index (χ4v) is 2.38. The minimum atomic E-state index is -0.296. The van der Waals surface area contributed by atoms with Gasteiger partial charge in [0.1, 0.15) is 24.2 Å². The zero-order valence-corrected chi connectivity index (χ0v) is 14.7. The predicted octanol–water partition coefficient (Wildman–Crippen LogP) is 2.71. The van der Waals surface area contributed by atoms with Gasteiger partial charge in [0.15, 0.2) is 0 Å². The first kappa shape index (κ1) is 19.4. The molecule has 0 aliphatic rings. The highest BCUT2D eigenvalue weighted by Gasteiger charge is 2.10. The molecule has 0 bridgehead atoms. The molecule has 0 spiro atoms. The Kier molecular flexibility index (Phi) is 7.59. The molecule has 2 aromatic carbocycles. The molecule has 0 saturated heterocycles. The number of amides is 1. The molecule has 0 heterocycles. The number of ether oxygens (including phenoxy) is 1. The molecule has 0 unspecified atom stereocenters. The quantitative estimate of drug-likeness (QED) is 0.751. The lowest BCUT2D eigenvalue weighted by molar-refractivity contribution is -0.122. The van der Waals surface area contributed by atoms with E-state index >= 15 is 0 Å². The summed E-state index contributed by atoms with van der Waals surface area (Å²) in [5, 5.41) is 11.9. The maximum atomic E-state index is 12.9. The molecular weight excluding hydrogens is 333 g/mol. The van der Waals surface area contributed by atoms with Crippen LogP contribution in [0, 0.1) is 17.1 Å². The number of nitrogens with one attached hydrogen (secondary N) is 1. The first-order chi connectivity index (χ1) is 12.6. The molecule has 0 saturated carbocycles. The van der Waals surface area contributed by atoms with Crippen molar-refractivity contribution in [2.75, 3.05) is 26.2 Å². The molecule has 0 fully saturated rings. The largest absolute Gasteiger partial charge is 0.491 e. The Bertz CT molecular complexity index is 756. The highest BCUT2D eigenvalue weighted by atomic mass is 19.1. The number of halogens is 1. The molecule has 1 N–H and O–H groups in total. The van der Waals surface area contributed by atoms with Crippen LogP contribution in [0.1, 0.15) is 18.1 Å². The monoisotopic (exact) mass is 355 g/mol. The molecule has 26 heavy (non-hydrogen) atoms. The normalized spacial score (nSPS) is 10.4. The number of hydrogen-bond acceptors (Lipinski definition) is 4. The summed E-state index contributed by atoms with van der Waals surface area (Å²) in [7, 11) is 0. The van der Waals surface area contributed by atoms with Crippen molar-refractivity contribution < 1.29 is 13.9 Å². The molecule has 136 valence electrons. The smallest absolute Gasteiger partial charge is 0.234 e. The Morgan fingerprint density at radius 1 is 1.23 bits per heavy atom. The molecule has 2 rings (SSSR count). The summed E-state index contributed by atoms with van der Waals surface area (Å²) in [5.41, 5.74) is 1.34. The fraction of sp³-hybridized carbons (Fsp3) is 0.300. The first-order valence-corrected chi connectivity index (χ1v) is 8.47. The van der Waals surface area contributed by atoms with E-state index in [0.29, 0.717) is 37.6 Å². The highest BCUT2D eigenvalue weighted by molar-refractivity contribution is 5.78. The van der Waals surface area contributed by atoms with E-state index in [9.17, 15) is 9.18 Å². The van der Waals surface area contributed by atoms with Gasteiger partial charge in [-0.25, -0.2) is 4.39 Å². The third-order valence-corrected chi connectivity index (χ3v) is 3.89. The molecule has 1 amide bonds. The van der Waals surface area contributed by atoms with Gasteiger partial charge in [-0.05, 0) is 36.4 Å². The fourth-order valence-electron chi connectivity index (χ4n) is 2.38. The van der Waals surface area contributed by atoms with Crippen LogP contribution in [0.5, 0.6) is 5.75 Å². The van der Waals surface area contributed by atoms with E-state index in [-0.39, 0.29) is 18.3 Å². The van der Waals surface area contributed by atoms with E-state index in [4.69, 9.17) is 10.00 Å². The summed E-state index contributed by atoms with van der Waals surface area (Å²) < 4.78 is 18.5. The zero-order chi connectivity index (χ0) is 18.8. The van der Waals surface area contributed by atoms with Gasteiger partial charge in [0.2, 0.25) is 5.91 Å². The summed E-state index contributed by atoms with van der Waals surface area (Å²) >= 11 is 0. The van der Waals surface area contributed by atoms with Crippen molar-refractivity contribution in [3.63, 3.8) is 0 Å². The SMILES string of the molecule is CCN(CCOc1ccccc1C#N)CC(=O)NCc1ccc(F)cc1. The van der Waals surface area contributed by atoms with Gasteiger partial charge < -0.3 is 10.1 Å². The van der Waals surface area contributed by atoms with Crippen molar-refractivity contribution >= 4 is 5.91 Å². The number of benzene rings is 2. The lowest BCUT2D eigenvalue weighted by Crippen LogP contribution is -2.38. The second-order valence-corrected chi connectivity index (χ2v) is 5.73. The molecule has 0 aromatic heterocycles. The third-order valence-electron chi connectivity index (χ3n) is 3.89. The van der Waals surface area contributed by atoms with E-state index in [0.717, 1.165) is 5.56 Å². The van der Waals surface area contributed by atoms with Gasteiger partial charge in [-0.1, -0.05) is 31.2 Å². The van der Waals surface area contributed by atoms with E-state index in [2.05, 4.69) is 11.4 Å². The van der Waals surface area contributed by atoms with E-state index < -0.39 is 0 Å². The van der Waals surface area contributed by atoms with Crippen LogP contribution in [0.4, 0.5) is 4.39 Å². The van der Waals surface area contributed by atoms with Crippen molar-refractivity contribution in [1.82, 2.24) is 10.2 Å². The number of carbonyl (C=O) groups is 1.